The summed E-state index contributed by atoms with van der Waals surface area (Å²) in [5, 5.41) is 5.49. The first kappa shape index (κ1) is 24.4. The molecule has 0 radical (unpaired) electrons. The number of carbonyl (C=O) groups excluding carboxylic acids is 4. The highest BCUT2D eigenvalue weighted by Crippen LogP contribution is 2.38. The van der Waals surface area contributed by atoms with E-state index in [2.05, 4.69) is 15.6 Å². The van der Waals surface area contributed by atoms with E-state index in [0.29, 0.717) is 49.3 Å². The summed E-state index contributed by atoms with van der Waals surface area (Å²) in [6.07, 6.45) is 3.37. The van der Waals surface area contributed by atoms with Gasteiger partial charge in [0.25, 0.3) is 0 Å². The number of piperidine rings is 1. The zero-order valence-corrected chi connectivity index (χ0v) is 20.3. The monoisotopic (exact) mass is 477 g/mol. The Bertz CT molecular complexity index is 1190. The van der Waals surface area contributed by atoms with Crippen LogP contribution in [0, 0.1) is 18.8 Å². The number of carbonyl (C=O) groups is 4. The molecule has 0 bridgehead atoms. The van der Waals surface area contributed by atoms with Gasteiger partial charge >= 0.3 is 11.8 Å². The van der Waals surface area contributed by atoms with Gasteiger partial charge in [0.05, 0.1) is 17.9 Å². The van der Waals surface area contributed by atoms with Crippen molar-refractivity contribution >= 4 is 40.7 Å². The van der Waals surface area contributed by atoms with E-state index in [-0.39, 0.29) is 23.5 Å². The van der Waals surface area contributed by atoms with Crippen LogP contribution in [0.1, 0.15) is 55.8 Å². The average Bonchev–Trinajstić information content (AvgIpc) is 2.84. The number of pyridine rings is 1. The van der Waals surface area contributed by atoms with Gasteiger partial charge in [-0.15, -0.1) is 0 Å². The fourth-order valence-electron chi connectivity index (χ4n) is 4.83. The highest BCUT2D eigenvalue weighted by Gasteiger charge is 2.38. The number of fused-ring (bicyclic) bond motifs is 1. The maximum Gasteiger partial charge on any atom is 0.313 e. The van der Waals surface area contributed by atoms with Crippen molar-refractivity contribution in [3.63, 3.8) is 0 Å². The first-order valence-corrected chi connectivity index (χ1v) is 11.9. The molecule has 0 spiro atoms. The highest BCUT2D eigenvalue weighted by molar-refractivity contribution is 6.39. The molecule has 2 atom stereocenters. The Balaban J connectivity index is 1.60. The molecule has 2 aliphatic rings. The Morgan fingerprint density at radius 2 is 1.97 bits per heavy atom. The van der Waals surface area contributed by atoms with Crippen LogP contribution in [0.15, 0.2) is 30.5 Å². The van der Waals surface area contributed by atoms with Gasteiger partial charge in [0.15, 0.2) is 0 Å². The molecule has 1 unspecified atom stereocenters. The fourth-order valence-corrected chi connectivity index (χ4v) is 4.83. The van der Waals surface area contributed by atoms with E-state index in [9.17, 15) is 19.2 Å². The lowest BCUT2D eigenvalue weighted by Gasteiger charge is -2.39. The van der Waals surface area contributed by atoms with Gasteiger partial charge in [0, 0.05) is 30.5 Å². The largest absolute Gasteiger partial charge is 0.383 e. The number of nitrogens with one attached hydrogen (secondary N) is 2. The zero-order valence-electron chi connectivity index (χ0n) is 20.3. The van der Waals surface area contributed by atoms with Crippen molar-refractivity contribution in [1.29, 1.82) is 0 Å². The number of amides is 3. The summed E-state index contributed by atoms with van der Waals surface area (Å²) in [4.78, 5) is 56.3. The maximum absolute atomic E-state index is 13.3. The Hall–Kier alpha value is -3.75. The van der Waals surface area contributed by atoms with Crippen molar-refractivity contribution in [2.45, 2.75) is 52.5 Å². The first-order valence-electron chi connectivity index (χ1n) is 11.9. The number of nitrogens with two attached hydrogens (primary N) is 1. The lowest BCUT2D eigenvalue weighted by Crippen LogP contribution is -2.47. The lowest BCUT2D eigenvalue weighted by molar-refractivity contribution is -0.147. The Morgan fingerprint density at radius 3 is 2.69 bits per heavy atom. The first-order chi connectivity index (χ1) is 16.6. The average molecular weight is 478 g/mol. The van der Waals surface area contributed by atoms with Crippen molar-refractivity contribution in [1.82, 2.24) is 9.88 Å². The summed E-state index contributed by atoms with van der Waals surface area (Å²) in [7, 11) is 0. The predicted octanol–water partition coefficient (Wildman–Crippen LogP) is 3.00. The minimum absolute atomic E-state index is 0.0219. The quantitative estimate of drug-likeness (QED) is 0.580. The van der Waals surface area contributed by atoms with Crippen LogP contribution in [0.2, 0.25) is 0 Å². The van der Waals surface area contributed by atoms with Crippen LogP contribution in [0.4, 0.5) is 17.2 Å². The second-order valence-corrected chi connectivity index (χ2v) is 9.64. The number of aromatic nitrogens is 1. The van der Waals surface area contributed by atoms with Crippen molar-refractivity contribution in [3.8, 4) is 0 Å². The lowest BCUT2D eigenvalue weighted by atomic mass is 9.81. The van der Waals surface area contributed by atoms with E-state index in [0.717, 1.165) is 16.8 Å². The third-order valence-corrected chi connectivity index (χ3v) is 6.82. The fraction of sp³-hybridized carbons (Fsp3) is 0.423. The summed E-state index contributed by atoms with van der Waals surface area (Å²) in [5.74, 6) is -1.22. The number of hydrogen-bond donors (Lipinski definition) is 3. The van der Waals surface area contributed by atoms with Gasteiger partial charge in [-0.25, -0.2) is 4.98 Å². The molecule has 1 fully saturated rings. The molecule has 35 heavy (non-hydrogen) atoms. The summed E-state index contributed by atoms with van der Waals surface area (Å²) in [6, 6.07) is 6.91. The summed E-state index contributed by atoms with van der Waals surface area (Å²) >= 11 is 0. The van der Waals surface area contributed by atoms with Crippen molar-refractivity contribution in [3.05, 3.63) is 47.2 Å². The number of rotatable bonds is 4. The van der Waals surface area contributed by atoms with Crippen molar-refractivity contribution < 1.29 is 19.2 Å². The zero-order chi connectivity index (χ0) is 25.3. The van der Waals surface area contributed by atoms with Crippen LogP contribution < -0.4 is 16.4 Å². The number of benzene rings is 1. The molecule has 9 nitrogen and oxygen atoms in total. The topological polar surface area (TPSA) is 134 Å². The molecule has 0 saturated carbocycles. The van der Waals surface area contributed by atoms with E-state index in [1.807, 2.05) is 32.0 Å². The number of anilines is 3. The third-order valence-electron chi connectivity index (χ3n) is 6.82. The molecule has 1 saturated heterocycles. The smallest absolute Gasteiger partial charge is 0.313 e. The summed E-state index contributed by atoms with van der Waals surface area (Å²) < 4.78 is 0. The Kier molecular flexibility index (Phi) is 6.86. The third kappa shape index (κ3) is 5.18. The number of likely N-dealkylation sites (tertiary alicyclic amines) is 1. The van der Waals surface area contributed by atoms with Crippen LogP contribution in [0.5, 0.6) is 0 Å². The van der Waals surface area contributed by atoms with E-state index in [1.54, 1.807) is 17.9 Å². The SMILES string of the molecule is Cc1cc(NC(=O)C(=O)N2CCC(C(=O)C(C)C)C[C@H]2c2ccc3c(c2)CCC(=O)N3)cnc1N. The minimum atomic E-state index is -0.764. The number of hydrogen-bond acceptors (Lipinski definition) is 6. The van der Waals surface area contributed by atoms with E-state index < -0.39 is 17.9 Å². The molecule has 2 aromatic rings. The van der Waals surface area contributed by atoms with Crippen molar-refractivity contribution in [2.75, 3.05) is 22.9 Å². The molecular weight excluding hydrogens is 446 g/mol. The molecular formula is C26H31N5O4. The highest BCUT2D eigenvalue weighted by atomic mass is 16.2. The number of nitrogens with zero attached hydrogens (tertiary/aromatic N) is 2. The second-order valence-electron chi connectivity index (χ2n) is 9.64. The maximum atomic E-state index is 13.3. The molecule has 4 rings (SSSR count). The normalized spacial score (nSPS) is 19.7. The molecule has 3 heterocycles. The van der Waals surface area contributed by atoms with Gasteiger partial charge < -0.3 is 21.3 Å². The van der Waals surface area contributed by atoms with E-state index >= 15 is 0 Å². The summed E-state index contributed by atoms with van der Waals surface area (Å²) in [6.45, 7) is 5.83. The molecule has 1 aromatic carbocycles. The van der Waals surface area contributed by atoms with Crippen LogP contribution in [0.25, 0.3) is 0 Å². The minimum Gasteiger partial charge on any atom is -0.383 e. The van der Waals surface area contributed by atoms with Gasteiger partial charge in [-0.2, -0.15) is 0 Å². The Labute approximate surface area is 204 Å². The standard InChI is InChI=1S/C26H31N5O4/c1-14(2)23(33)18-8-9-31(26(35)25(34)29-19-10-15(3)24(27)28-13-19)21(12-18)17-4-6-20-16(11-17)5-7-22(32)30-20/h4,6,10-11,13-14,18,21H,5,7-9,12H2,1-3H3,(H2,27,28)(H,29,34)(H,30,32)/t18?,21-/m0/s1. The summed E-state index contributed by atoms with van der Waals surface area (Å²) in [5.41, 5.74) is 9.43. The van der Waals surface area contributed by atoms with Crippen LogP contribution in [-0.2, 0) is 25.6 Å². The van der Waals surface area contributed by atoms with Crippen molar-refractivity contribution in [2.24, 2.45) is 11.8 Å². The molecule has 184 valence electrons. The van der Waals surface area contributed by atoms with Gasteiger partial charge in [0.2, 0.25) is 5.91 Å². The predicted molar refractivity (Wildman–Crippen MR) is 132 cm³/mol. The molecule has 9 heteroatoms. The molecule has 2 aliphatic heterocycles. The van der Waals surface area contributed by atoms with Gasteiger partial charge in [-0.05, 0) is 55.0 Å². The van der Waals surface area contributed by atoms with Crippen LogP contribution in [0.3, 0.4) is 0 Å². The van der Waals surface area contributed by atoms with Gasteiger partial charge in [-0.1, -0.05) is 26.0 Å². The molecule has 0 aliphatic carbocycles. The number of Topliss-reactive ketones (excluding diaryl/α,β-unsaturated/α-hetero) is 1. The molecule has 4 N–H and O–H groups in total. The van der Waals surface area contributed by atoms with E-state index in [1.165, 1.54) is 6.20 Å². The van der Waals surface area contributed by atoms with E-state index in [4.69, 9.17) is 5.73 Å². The van der Waals surface area contributed by atoms with Crippen LogP contribution in [-0.4, -0.2) is 39.9 Å². The second kappa shape index (κ2) is 9.85. The molecule has 3 amide bonds. The van der Waals surface area contributed by atoms with Crippen LogP contribution >= 0.6 is 0 Å². The molecule has 1 aromatic heterocycles. The Morgan fingerprint density at radius 1 is 1.20 bits per heavy atom. The van der Waals surface area contributed by atoms with Gasteiger partial charge in [-0.3, -0.25) is 19.2 Å². The number of ketones is 1. The number of nitrogen functional groups attached to an aromatic ring is 1. The number of aryl methyl sites for hydroxylation is 2. The van der Waals surface area contributed by atoms with Gasteiger partial charge in [0.1, 0.15) is 11.6 Å².